The third-order valence-electron chi connectivity index (χ3n) is 5.73. The van der Waals surface area contributed by atoms with Gasteiger partial charge in [-0.2, -0.15) is 0 Å². The van der Waals surface area contributed by atoms with Crippen molar-refractivity contribution in [1.82, 2.24) is 5.32 Å². The highest BCUT2D eigenvalue weighted by Crippen LogP contribution is 2.28. The molecule has 0 saturated carbocycles. The maximum atomic E-state index is 13.3. The highest BCUT2D eigenvalue weighted by atomic mass is 35.5. The molecule has 1 saturated heterocycles. The van der Waals surface area contributed by atoms with Crippen LogP contribution in [0.2, 0.25) is 10.0 Å². The fourth-order valence-corrected chi connectivity index (χ4v) is 4.05. The first-order valence-electron chi connectivity index (χ1n) is 11.7. The SMILES string of the molecule is COC(=O)c1ccc(N2C(=O)NC(=O)/C(=C/c3cc(Cl)ccc3OCC(=O)Nc3ccc(C)c(Cl)c3)C2=O)cc1. The number of ether oxygens (including phenoxy) is 2. The largest absolute Gasteiger partial charge is 0.483 e. The number of halogens is 2. The number of amides is 5. The van der Waals surface area contributed by atoms with Crippen LogP contribution >= 0.6 is 23.2 Å². The number of benzene rings is 3. The predicted molar refractivity (Wildman–Crippen MR) is 149 cm³/mol. The van der Waals surface area contributed by atoms with Gasteiger partial charge in [-0.05, 0) is 73.2 Å². The van der Waals surface area contributed by atoms with Gasteiger partial charge in [0.2, 0.25) is 0 Å². The fourth-order valence-electron chi connectivity index (χ4n) is 3.69. The van der Waals surface area contributed by atoms with Crippen molar-refractivity contribution in [2.75, 3.05) is 23.9 Å². The number of carbonyl (C=O) groups excluding carboxylic acids is 5. The molecular formula is C28H21Cl2N3O7. The second kappa shape index (κ2) is 12.0. The summed E-state index contributed by atoms with van der Waals surface area (Å²) in [7, 11) is 1.22. The normalized spacial score (nSPS) is 14.2. The number of hydrogen-bond acceptors (Lipinski definition) is 7. The van der Waals surface area contributed by atoms with Crippen molar-refractivity contribution in [2.45, 2.75) is 6.92 Å². The highest BCUT2D eigenvalue weighted by molar-refractivity contribution is 6.39. The molecule has 2 N–H and O–H groups in total. The van der Waals surface area contributed by atoms with Gasteiger partial charge in [-0.3, -0.25) is 19.7 Å². The summed E-state index contributed by atoms with van der Waals surface area (Å²) in [5.41, 5.74) is 1.49. The lowest BCUT2D eigenvalue weighted by Gasteiger charge is -2.26. The van der Waals surface area contributed by atoms with E-state index in [4.69, 9.17) is 27.9 Å². The minimum absolute atomic E-state index is 0.115. The number of imide groups is 2. The molecule has 0 bridgehead atoms. The molecule has 12 heteroatoms. The van der Waals surface area contributed by atoms with Crippen LogP contribution in [-0.2, 0) is 19.1 Å². The molecule has 40 heavy (non-hydrogen) atoms. The van der Waals surface area contributed by atoms with Gasteiger partial charge in [0.1, 0.15) is 11.3 Å². The quantitative estimate of drug-likeness (QED) is 0.233. The van der Waals surface area contributed by atoms with Gasteiger partial charge < -0.3 is 14.8 Å². The molecule has 1 heterocycles. The number of methoxy groups -OCH3 is 1. The van der Waals surface area contributed by atoms with Gasteiger partial charge in [0.05, 0.1) is 18.4 Å². The number of urea groups is 1. The number of nitrogens with one attached hydrogen (secondary N) is 2. The number of nitrogens with zero attached hydrogens (tertiary/aromatic N) is 1. The lowest BCUT2D eigenvalue weighted by molar-refractivity contribution is -0.122. The van der Waals surface area contributed by atoms with E-state index in [2.05, 4.69) is 15.4 Å². The summed E-state index contributed by atoms with van der Waals surface area (Å²) in [6.07, 6.45) is 1.21. The predicted octanol–water partition coefficient (Wildman–Crippen LogP) is 4.77. The van der Waals surface area contributed by atoms with Gasteiger partial charge in [-0.25, -0.2) is 14.5 Å². The van der Waals surface area contributed by atoms with Crippen LogP contribution in [0.1, 0.15) is 21.5 Å². The van der Waals surface area contributed by atoms with Crippen molar-refractivity contribution >= 4 is 70.4 Å². The lowest BCUT2D eigenvalue weighted by atomic mass is 10.1. The molecule has 0 radical (unpaired) electrons. The zero-order valence-corrected chi connectivity index (χ0v) is 22.6. The summed E-state index contributed by atoms with van der Waals surface area (Å²) >= 11 is 12.2. The van der Waals surface area contributed by atoms with E-state index >= 15 is 0 Å². The van der Waals surface area contributed by atoms with E-state index < -0.39 is 36.3 Å². The lowest BCUT2D eigenvalue weighted by Crippen LogP contribution is -2.54. The van der Waals surface area contributed by atoms with Crippen molar-refractivity contribution in [2.24, 2.45) is 0 Å². The average molecular weight is 582 g/mol. The van der Waals surface area contributed by atoms with Crippen LogP contribution in [0.5, 0.6) is 5.75 Å². The molecule has 0 unspecified atom stereocenters. The van der Waals surface area contributed by atoms with Gasteiger partial charge in [0.25, 0.3) is 17.7 Å². The Morgan fingerprint density at radius 2 is 1.73 bits per heavy atom. The van der Waals surface area contributed by atoms with Crippen molar-refractivity contribution in [3.05, 3.63) is 93.0 Å². The Kier molecular flexibility index (Phi) is 8.52. The number of barbiturate groups is 1. The molecule has 5 amide bonds. The molecule has 3 aromatic carbocycles. The molecule has 3 aromatic rings. The molecule has 1 aliphatic rings. The standard InChI is InChI=1S/C28H21Cl2N3O7/c1-15-3-7-19(13-22(15)30)31-24(34)14-40-23-10-6-18(29)11-17(23)12-21-25(35)32-28(38)33(26(21)36)20-8-4-16(5-9-20)27(37)39-2/h3-13H,14H2,1-2H3,(H,31,34)(H,32,35,38)/b21-12-. The Labute approximate surface area is 238 Å². The summed E-state index contributed by atoms with van der Waals surface area (Å²) in [6.45, 7) is 1.43. The van der Waals surface area contributed by atoms with Crippen LogP contribution < -0.4 is 20.3 Å². The van der Waals surface area contributed by atoms with E-state index in [1.165, 1.54) is 55.7 Å². The number of aryl methyl sites for hydroxylation is 1. The highest BCUT2D eigenvalue weighted by Gasteiger charge is 2.37. The zero-order valence-electron chi connectivity index (χ0n) is 21.1. The Morgan fingerprint density at radius 3 is 2.40 bits per heavy atom. The van der Waals surface area contributed by atoms with Crippen molar-refractivity contribution in [3.63, 3.8) is 0 Å². The summed E-state index contributed by atoms with van der Waals surface area (Å²) < 4.78 is 10.3. The minimum Gasteiger partial charge on any atom is -0.483 e. The molecule has 4 rings (SSSR count). The minimum atomic E-state index is -0.964. The monoisotopic (exact) mass is 581 g/mol. The smallest absolute Gasteiger partial charge is 0.337 e. The summed E-state index contributed by atoms with van der Waals surface area (Å²) in [5.74, 6) is -2.77. The summed E-state index contributed by atoms with van der Waals surface area (Å²) in [4.78, 5) is 63.4. The molecule has 10 nitrogen and oxygen atoms in total. The van der Waals surface area contributed by atoms with Gasteiger partial charge in [-0.15, -0.1) is 0 Å². The van der Waals surface area contributed by atoms with Crippen LogP contribution in [0.4, 0.5) is 16.2 Å². The third-order valence-corrected chi connectivity index (χ3v) is 6.38. The molecule has 0 aliphatic carbocycles. The first-order valence-corrected chi connectivity index (χ1v) is 12.4. The summed E-state index contributed by atoms with van der Waals surface area (Å²) in [5, 5.41) is 5.55. The van der Waals surface area contributed by atoms with E-state index in [-0.39, 0.29) is 33.2 Å². The summed E-state index contributed by atoms with van der Waals surface area (Å²) in [6, 6.07) is 14.0. The van der Waals surface area contributed by atoms with Gasteiger partial charge in [0, 0.05) is 21.3 Å². The number of carbonyl (C=O) groups is 5. The Hall–Kier alpha value is -4.67. The van der Waals surface area contributed by atoms with Crippen molar-refractivity contribution in [1.29, 1.82) is 0 Å². The molecular weight excluding hydrogens is 561 g/mol. The van der Waals surface area contributed by atoms with E-state index in [1.54, 1.807) is 18.2 Å². The average Bonchev–Trinajstić information content (AvgIpc) is 2.92. The van der Waals surface area contributed by atoms with Crippen molar-refractivity contribution in [3.8, 4) is 5.75 Å². The van der Waals surface area contributed by atoms with E-state index in [9.17, 15) is 24.0 Å². The number of anilines is 2. The molecule has 1 fully saturated rings. The maximum absolute atomic E-state index is 13.3. The second-order valence-corrected chi connectivity index (χ2v) is 9.32. The van der Waals surface area contributed by atoms with E-state index in [0.29, 0.717) is 10.7 Å². The van der Waals surface area contributed by atoms with E-state index in [1.807, 2.05) is 6.92 Å². The molecule has 0 atom stereocenters. The molecule has 204 valence electrons. The number of esters is 1. The third kappa shape index (κ3) is 6.31. The van der Waals surface area contributed by atoms with Crippen LogP contribution in [-0.4, -0.2) is 43.4 Å². The molecule has 0 aromatic heterocycles. The van der Waals surface area contributed by atoms with Crippen LogP contribution in [0.3, 0.4) is 0 Å². The zero-order chi connectivity index (χ0) is 29.0. The first kappa shape index (κ1) is 28.3. The molecule has 0 spiro atoms. The van der Waals surface area contributed by atoms with E-state index in [0.717, 1.165) is 10.5 Å². The molecule has 1 aliphatic heterocycles. The van der Waals surface area contributed by atoms with Crippen LogP contribution in [0.25, 0.3) is 6.08 Å². The van der Waals surface area contributed by atoms with Gasteiger partial charge in [0.15, 0.2) is 6.61 Å². The number of hydrogen-bond donors (Lipinski definition) is 2. The van der Waals surface area contributed by atoms with Crippen LogP contribution in [0, 0.1) is 6.92 Å². The maximum Gasteiger partial charge on any atom is 0.337 e. The van der Waals surface area contributed by atoms with Crippen molar-refractivity contribution < 1.29 is 33.4 Å². The first-order chi connectivity index (χ1) is 19.1. The Morgan fingerprint density at radius 1 is 1.00 bits per heavy atom. The second-order valence-electron chi connectivity index (χ2n) is 8.48. The van der Waals surface area contributed by atoms with Gasteiger partial charge in [-0.1, -0.05) is 29.3 Å². The fraction of sp³-hybridized carbons (Fsp3) is 0.107. The Balaban J connectivity index is 1.56. The Bertz CT molecular complexity index is 1570. The van der Waals surface area contributed by atoms with Gasteiger partial charge >= 0.3 is 12.0 Å². The van der Waals surface area contributed by atoms with Crippen LogP contribution in [0.15, 0.2) is 66.2 Å². The number of rotatable bonds is 7. The topological polar surface area (TPSA) is 131 Å².